The SMILES string of the molecule is CCCCCC/C=C\C/C=C\CCCCCCCCCC(=O)OC(COC(=O)CCCCCCCCCCC/C=C\CCCCCCCCCC)COC(=O)CCCCCCCCCCCCCC. The molecule has 1 unspecified atom stereocenters. The average molecular weight is 970 g/mol. The van der Waals surface area contributed by atoms with E-state index in [0.717, 1.165) is 70.6 Å². The summed E-state index contributed by atoms with van der Waals surface area (Å²) in [6.45, 7) is 6.66. The van der Waals surface area contributed by atoms with Gasteiger partial charge in [-0.3, -0.25) is 14.4 Å². The molecule has 0 bridgehead atoms. The minimum atomic E-state index is -0.774. The van der Waals surface area contributed by atoms with Gasteiger partial charge in [-0.1, -0.05) is 269 Å². The fourth-order valence-electron chi connectivity index (χ4n) is 9.00. The van der Waals surface area contributed by atoms with E-state index < -0.39 is 6.10 Å². The highest BCUT2D eigenvalue weighted by Gasteiger charge is 2.19. The van der Waals surface area contributed by atoms with E-state index in [1.807, 2.05) is 0 Å². The van der Waals surface area contributed by atoms with Crippen molar-refractivity contribution >= 4 is 17.9 Å². The van der Waals surface area contributed by atoms with Gasteiger partial charge in [-0.25, -0.2) is 0 Å². The molecule has 0 N–H and O–H groups in total. The van der Waals surface area contributed by atoms with E-state index in [4.69, 9.17) is 14.2 Å². The van der Waals surface area contributed by atoms with E-state index in [0.29, 0.717) is 19.3 Å². The Morgan fingerprint density at radius 2 is 0.522 bits per heavy atom. The zero-order valence-electron chi connectivity index (χ0n) is 46.3. The molecule has 0 saturated heterocycles. The first-order chi connectivity index (χ1) is 34.0. The highest BCUT2D eigenvalue weighted by Crippen LogP contribution is 2.16. The molecule has 0 aromatic rings. The Kier molecular flexibility index (Phi) is 56.2. The molecule has 0 aromatic heterocycles. The third kappa shape index (κ3) is 56.4. The Labute approximate surface area is 429 Å². The smallest absolute Gasteiger partial charge is 0.306 e. The van der Waals surface area contributed by atoms with Crippen LogP contribution in [0, 0.1) is 0 Å². The zero-order valence-corrected chi connectivity index (χ0v) is 46.3. The Balaban J connectivity index is 4.30. The number of ether oxygens (including phenoxy) is 3. The van der Waals surface area contributed by atoms with Crippen molar-refractivity contribution in [2.75, 3.05) is 13.2 Å². The van der Waals surface area contributed by atoms with Crippen LogP contribution in [0.15, 0.2) is 36.5 Å². The summed E-state index contributed by atoms with van der Waals surface area (Å²) in [4.78, 5) is 38.2. The summed E-state index contributed by atoms with van der Waals surface area (Å²) in [6, 6.07) is 0. The first kappa shape index (κ1) is 66.6. The molecule has 6 nitrogen and oxygen atoms in total. The minimum absolute atomic E-state index is 0.0722. The number of rotatable bonds is 56. The van der Waals surface area contributed by atoms with Gasteiger partial charge in [0.05, 0.1) is 0 Å². The molecule has 404 valence electrons. The largest absolute Gasteiger partial charge is 0.462 e. The van der Waals surface area contributed by atoms with Crippen molar-refractivity contribution in [2.24, 2.45) is 0 Å². The third-order valence-corrected chi connectivity index (χ3v) is 13.6. The number of carbonyl (C=O) groups excluding carboxylic acids is 3. The minimum Gasteiger partial charge on any atom is -0.462 e. The lowest BCUT2D eigenvalue weighted by Gasteiger charge is -2.18. The maximum Gasteiger partial charge on any atom is 0.306 e. The second-order valence-electron chi connectivity index (χ2n) is 20.6. The number of unbranched alkanes of at least 4 members (excludes halogenated alkanes) is 39. The maximum atomic E-state index is 12.9. The van der Waals surface area contributed by atoms with E-state index >= 15 is 0 Å². The summed E-state index contributed by atoms with van der Waals surface area (Å²) < 4.78 is 16.9. The topological polar surface area (TPSA) is 78.9 Å². The van der Waals surface area contributed by atoms with Crippen molar-refractivity contribution in [3.63, 3.8) is 0 Å². The van der Waals surface area contributed by atoms with Crippen LogP contribution < -0.4 is 0 Å². The van der Waals surface area contributed by atoms with Crippen LogP contribution in [0.25, 0.3) is 0 Å². The van der Waals surface area contributed by atoms with Crippen molar-refractivity contribution in [3.8, 4) is 0 Å². The monoisotopic (exact) mass is 969 g/mol. The number of hydrogen-bond donors (Lipinski definition) is 0. The van der Waals surface area contributed by atoms with E-state index in [2.05, 4.69) is 57.2 Å². The highest BCUT2D eigenvalue weighted by molar-refractivity contribution is 5.71. The Bertz CT molecular complexity index is 1160. The van der Waals surface area contributed by atoms with E-state index in [9.17, 15) is 14.4 Å². The van der Waals surface area contributed by atoms with Gasteiger partial charge < -0.3 is 14.2 Å². The summed E-state index contributed by atoms with van der Waals surface area (Å²) >= 11 is 0. The van der Waals surface area contributed by atoms with Crippen LogP contribution in [0.5, 0.6) is 0 Å². The van der Waals surface area contributed by atoms with Gasteiger partial charge in [0.15, 0.2) is 6.10 Å². The molecule has 0 rings (SSSR count). The fraction of sp³-hybridized carbons (Fsp3) is 0.857. The van der Waals surface area contributed by atoms with Crippen LogP contribution in [-0.4, -0.2) is 37.2 Å². The normalized spacial score (nSPS) is 12.2. The predicted octanol–water partition coefficient (Wildman–Crippen LogP) is 20.4. The molecule has 0 aliphatic carbocycles. The lowest BCUT2D eigenvalue weighted by atomic mass is 10.0. The van der Waals surface area contributed by atoms with Crippen molar-refractivity contribution in [1.82, 2.24) is 0 Å². The van der Waals surface area contributed by atoms with Crippen LogP contribution in [0.3, 0.4) is 0 Å². The van der Waals surface area contributed by atoms with E-state index in [-0.39, 0.29) is 31.1 Å². The van der Waals surface area contributed by atoms with Gasteiger partial charge in [-0.05, 0) is 77.0 Å². The second-order valence-corrected chi connectivity index (χ2v) is 20.6. The van der Waals surface area contributed by atoms with Crippen molar-refractivity contribution < 1.29 is 28.6 Å². The van der Waals surface area contributed by atoms with Crippen LogP contribution in [0.2, 0.25) is 0 Å². The van der Waals surface area contributed by atoms with Crippen LogP contribution in [0.4, 0.5) is 0 Å². The summed E-state index contributed by atoms with van der Waals surface area (Å²) in [5.74, 6) is -0.863. The number of esters is 3. The van der Waals surface area contributed by atoms with Gasteiger partial charge in [0, 0.05) is 19.3 Å². The fourth-order valence-corrected chi connectivity index (χ4v) is 9.00. The average Bonchev–Trinajstić information content (AvgIpc) is 3.35. The van der Waals surface area contributed by atoms with Gasteiger partial charge in [0.25, 0.3) is 0 Å². The standard InChI is InChI=1S/C63H116O6/c1-4-7-10-13-16-19-22-25-27-29-31-32-33-35-36-38-41-44-47-50-53-56-62(65)68-59-60(58-67-61(64)55-52-49-46-43-40-24-21-18-15-12-9-6-3)69-63(66)57-54-51-48-45-42-39-37-34-30-28-26-23-20-17-14-11-8-5-2/h20,23,28-31,60H,4-19,21-22,24-27,32-59H2,1-3H3/b23-20-,30-28-,31-29-. The molecule has 6 heteroatoms. The van der Waals surface area contributed by atoms with E-state index in [1.165, 1.54) is 218 Å². The Morgan fingerprint density at radius 3 is 0.826 bits per heavy atom. The van der Waals surface area contributed by atoms with Gasteiger partial charge >= 0.3 is 17.9 Å². The molecule has 69 heavy (non-hydrogen) atoms. The highest BCUT2D eigenvalue weighted by atomic mass is 16.6. The predicted molar refractivity (Wildman–Crippen MR) is 298 cm³/mol. The van der Waals surface area contributed by atoms with Crippen LogP contribution >= 0.6 is 0 Å². The second kappa shape index (κ2) is 58.2. The summed E-state index contributed by atoms with van der Waals surface area (Å²) in [7, 11) is 0. The maximum absolute atomic E-state index is 12.9. The molecule has 0 radical (unpaired) electrons. The van der Waals surface area contributed by atoms with Crippen molar-refractivity contribution in [1.29, 1.82) is 0 Å². The lowest BCUT2D eigenvalue weighted by molar-refractivity contribution is -0.167. The first-order valence-corrected chi connectivity index (χ1v) is 30.5. The summed E-state index contributed by atoms with van der Waals surface area (Å²) in [6.07, 6.45) is 70.0. The number of allylic oxidation sites excluding steroid dienone is 6. The molecular weight excluding hydrogens is 853 g/mol. The van der Waals surface area contributed by atoms with Crippen LogP contribution in [-0.2, 0) is 28.6 Å². The lowest BCUT2D eigenvalue weighted by Crippen LogP contribution is -2.30. The van der Waals surface area contributed by atoms with Crippen LogP contribution in [0.1, 0.15) is 329 Å². The molecule has 0 saturated carbocycles. The Hall–Kier alpha value is -2.37. The van der Waals surface area contributed by atoms with Gasteiger partial charge in [-0.2, -0.15) is 0 Å². The molecule has 0 amide bonds. The Morgan fingerprint density at radius 1 is 0.290 bits per heavy atom. The van der Waals surface area contributed by atoms with Gasteiger partial charge in [-0.15, -0.1) is 0 Å². The number of carbonyl (C=O) groups is 3. The van der Waals surface area contributed by atoms with Gasteiger partial charge in [0.2, 0.25) is 0 Å². The molecular formula is C63H116O6. The molecule has 0 aliphatic rings. The first-order valence-electron chi connectivity index (χ1n) is 30.5. The van der Waals surface area contributed by atoms with Crippen molar-refractivity contribution in [3.05, 3.63) is 36.5 Å². The third-order valence-electron chi connectivity index (χ3n) is 13.6. The summed E-state index contributed by atoms with van der Waals surface area (Å²) in [5, 5.41) is 0. The van der Waals surface area contributed by atoms with Gasteiger partial charge in [0.1, 0.15) is 13.2 Å². The van der Waals surface area contributed by atoms with E-state index in [1.54, 1.807) is 0 Å². The quantitative estimate of drug-likeness (QED) is 0.0261. The molecule has 1 atom stereocenters. The molecule has 0 heterocycles. The number of hydrogen-bond acceptors (Lipinski definition) is 6. The molecule has 0 aliphatic heterocycles. The molecule has 0 fully saturated rings. The molecule has 0 aromatic carbocycles. The molecule has 0 spiro atoms. The summed E-state index contributed by atoms with van der Waals surface area (Å²) in [5.41, 5.74) is 0. The van der Waals surface area contributed by atoms with Crippen molar-refractivity contribution in [2.45, 2.75) is 335 Å². The zero-order chi connectivity index (χ0) is 50.0.